The first-order valence-corrected chi connectivity index (χ1v) is 13.3. The fourth-order valence-electron chi connectivity index (χ4n) is 5.22. The molecule has 1 fully saturated rings. The Hall–Kier alpha value is -4.05. The minimum atomic E-state index is -5.27. The maximum atomic E-state index is 14.8. The van der Waals surface area contributed by atoms with Gasteiger partial charge in [-0.1, -0.05) is 19.9 Å². The van der Waals surface area contributed by atoms with E-state index in [4.69, 9.17) is 9.47 Å². The number of alkyl halides is 9. The number of hydrogen-bond acceptors (Lipinski definition) is 5. The highest BCUT2D eigenvalue weighted by Crippen LogP contribution is 2.47. The van der Waals surface area contributed by atoms with Crippen molar-refractivity contribution in [3.63, 3.8) is 0 Å². The molecule has 3 aromatic carbocycles. The van der Waals surface area contributed by atoms with Gasteiger partial charge in [0, 0.05) is 17.2 Å². The van der Waals surface area contributed by atoms with Crippen LogP contribution in [-0.2, 0) is 29.2 Å². The monoisotopic (exact) mass is 669 g/mol. The molecule has 1 aliphatic heterocycles. The zero-order chi connectivity index (χ0) is 34.7. The number of cyclic esters (lactones) is 1. The zero-order valence-corrected chi connectivity index (χ0v) is 24.2. The number of hydrogen-bond donors (Lipinski definition) is 2. The fourth-order valence-corrected chi connectivity index (χ4v) is 5.22. The third-order valence-electron chi connectivity index (χ3n) is 7.48. The summed E-state index contributed by atoms with van der Waals surface area (Å²) in [5.41, 5.74) is -7.22. The lowest BCUT2D eigenvalue weighted by molar-refractivity contribution is -0.260. The number of benzene rings is 3. The number of methoxy groups -OCH3 is 1. The lowest BCUT2D eigenvalue weighted by Crippen LogP contribution is -2.50. The van der Waals surface area contributed by atoms with E-state index in [0.29, 0.717) is 6.07 Å². The number of halogens is 10. The van der Waals surface area contributed by atoms with Crippen molar-refractivity contribution in [2.45, 2.75) is 63.3 Å². The molecule has 2 atom stereocenters. The Balaban J connectivity index is 1.92. The molecule has 1 saturated heterocycles. The molecular formula is C30H25F10NO5. The van der Waals surface area contributed by atoms with E-state index in [2.05, 4.69) is 0 Å². The van der Waals surface area contributed by atoms with Crippen LogP contribution in [0.4, 0.5) is 48.7 Å². The highest BCUT2D eigenvalue weighted by molar-refractivity contribution is 5.78. The summed E-state index contributed by atoms with van der Waals surface area (Å²) in [6, 6.07) is 2.39. The van der Waals surface area contributed by atoms with Crippen LogP contribution >= 0.6 is 0 Å². The number of carbonyl (C=O) groups excluding carboxylic acids is 1. The molecule has 1 heterocycles. The van der Waals surface area contributed by atoms with Crippen LogP contribution in [-0.4, -0.2) is 34.4 Å². The molecule has 0 aliphatic carbocycles. The summed E-state index contributed by atoms with van der Waals surface area (Å²) in [6.45, 7) is 4.18. The molecule has 2 N–H and O–H groups in total. The lowest BCUT2D eigenvalue weighted by Gasteiger charge is -2.35. The standard InChI is InChI=1S/C30H25F10NO5/c1-13(2)20-11-21(24(45-4)12-23(20)31)19-6-5-16(27(32,33)34)10-22(19)30(43,44)41-14(3)25(46-26(41)42)15-7-17(28(35,36)37)9-18(8-15)29(38,39)40/h5-14,25,43-44H,1-4H3. The molecule has 16 heteroatoms. The normalized spacial score (nSPS) is 17.9. The molecule has 6 nitrogen and oxygen atoms in total. The van der Waals surface area contributed by atoms with E-state index in [9.17, 15) is 58.9 Å². The molecule has 1 amide bonds. The van der Waals surface area contributed by atoms with Crippen LogP contribution in [0, 0.1) is 5.82 Å². The van der Waals surface area contributed by atoms with Crippen LogP contribution in [0.1, 0.15) is 66.2 Å². The van der Waals surface area contributed by atoms with E-state index in [1.54, 1.807) is 13.8 Å². The highest BCUT2D eigenvalue weighted by atomic mass is 19.4. The van der Waals surface area contributed by atoms with Gasteiger partial charge < -0.3 is 19.7 Å². The Morgan fingerprint density at radius 2 is 1.35 bits per heavy atom. The molecule has 2 unspecified atom stereocenters. The Morgan fingerprint density at radius 1 is 0.804 bits per heavy atom. The summed E-state index contributed by atoms with van der Waals surface area (Å²) < 4.78 is 147. The van der Waals surface area contributed by atoms with Crippen molar-refractivity contribution in [3.8, 4) is 16.9 Å². The van der Waals surface area contributed by atoms with Crippen molar-refractivity contribution in [1.82, 2.24) is 4.90 Å². The van der Waals surface area contributed by atoms with Crippen LogP contribution in [0.3, 0.4) is 0 Å². The van der Waals surface area contributed by atoms with E-state index in [0.717, 1.165) is 26.2 Å². The maximum Gasteiger partial charge on any atom is 0.416 e. The van der Waals surface area contributed by atoms with Gasteiger partial charge in [0.2, 0.25) is 0 Å². The average Bonchev–Trinajstić information content (AvgIpc) is 3.24. The molecule has 250 valence electrons. The molecule has 1 aliphatic rings. The van der Waals surface area contributed by atoms with Crippen LogP contribution in [0.25, 0.3) is 11.1 Å². The van der Waals surface area contributed by atoms with Crippen LogP contribution in [0.5, 0.6) is 5.75 Å². The number of ether oxygens (including phenoxy) is 2. The van der Waals surface area contributed by atoms with Gasteiger partial charge in [-0.3, -0.25) is 0 Å². The summed E-state index contributed by atoms with van der Waals surface area (Å²) >= 11 is 0. The largest absolute Gasteiger partial charge is 0.496 e. The minimum absolute atomic E-state index is 0.0576. The van der Waals surface area contributed by atoms with Crippen LogP contribution in [0.2, 0.25) is 0 Å². The van der Waals surface area contributed by atoms with E-state index >= 15 is 0 Å². The summed E-state index contributed by atoms with van der Waals surface area (Å²) in [5.74, 6) is -5.20. The molecule has 46 heavy (non-hydrogen) atoms. The fraction of sp³-hybridized carbons (Fsp3) is 0.367. The van der Waals surface area contributed by atoms with Crippen LogP contribution in [0.15, 0.2) is 48.5 Å². The van der Waals surface area contributed by atoms with Gasteiger partial charge in [-0.25, -0.2) is 14.1 Å². The second kappa shape index (κ2) is 11.6. The summed E-state index contributed by atoms with van der Waals surface area (Å²) in [4.78, 5) is 13.1. The van der Waals surface area contributed by atoms with Gasteiger partial charge in [-0.05, 0) is 65.9 Å². The number of carbonyl (C=O) groups is 1. The topological polar surface area (TPSA) is 79.2 Å². The summed E-state index contributed by atoms with van der Waals surface area (Å²) in [6.07, 6.45) is -19.3. The maximum absolute atomic E-state index is 14.8. The SMILES string of the molecule is COc1cc(F)c(C(C)C)cc1-c1ccc(C(F)(F)F)cc1C(O)(O)N1C(=O)OC(c2cc(C(F)(F)F)cc(C(F)(F)F)c2)C1C. The Kier molecular flexibility index (Phi) is 8.81. The molecule has 0 aromatic heterocycles. The van der Waals surface area contributed by atoms with Gasteiger partial charge in [0.05, 0.1) is 29.8 Å². The predicted octanol–water partition coefficient (Wildman–Crippen LogP) is 8.36. The van der Waals surface area contributed by atoms with E-state index in [1.165, 1.54) is 6.07 Å². The second-order valence-corrected chi connectivity index (χ2v) is 10.9. The first-order chi connectivity index (χ1) is 21.0. The molecule has 0 spiro atoms. The van der Waals surface area contributed by atoms with Crippen molar-refractivity contribution in [3.05, 3.63) is 87.7 Å². The summed E-state index contributed by atoms with van der Waals surface area (Å²) in [7, 11) is 1.11. The Morgan fingerprint density at radius 3 is 1.83 bits per heavy atom. The number of nitrogens with zero attached hydrogens (tertiary/aromatic N) is 1. The van der Waals surface area contributed by atoms with Gasteiger partial charge in [0.25, 0.3) is 5.91 Å². The van der Waals surface area contributed by atoms with Gasteiger partial charge >= 0.3 is 24.6 Å². The average molecular weight is 670 g/mol. The third-order valence-corrected chi connectivity index (χ3v) is 7.48. The number of aliphatic hydroxyl groups is 2. The smallest absolute Gasteiger partial charge is 0.416 e. The quantitative estimate of drug-likeness (QED) is 0.204. The number of rotatable bonds is 6. The molecular weight excluding hydrogens is 644 g/mol. The van der Waals surface area contributed by atoms with Gasteiger partial charge in [-0.2, -0.15) is 39.5 Å². The van der Waals surface area contributed by atoms with E-state index in [1.807, 2.05) is 0 Å². The minimum Gasteiger partial charge on any atom is -0.496 e. The van der Waals surface area contributed by atoms with Gasteiger partial charge in [-0.15, -0.1) is 0 Å². The zero-order valence-electron chi connectivity index (χ0n) is 24.2. The lowest BCUT2D eigenvalue weighted by atomic mass is 9.90. The van der Waals surface area contributed by atoms with Crippen molar-refractivity contribution >= 4 is 6.09 Å². The van der Waals surface area contributed by atoms with Crippen molar-refractivity contribution < 1.29 is 68.4 Å². The van der Waals surface area contributed by atoms with E-state index in [-0.39, 0.29) is 46.0 Å². The molecule has 3 aromatic rings. The van der Waals surface area contributed by atoms with Gasteiger partial charge in [0.15, 0.2) is 0 Å². The molecule has 0 radical (unpaired) electrons. The van der Waals surface area contributed by atoms with Crippen molar-refractivity contribution in [2.24, 2.45) is 0 Å². The Labute approximate surface area is 254 Å². The summed E-state index contributed by atoms with van der Waals surface area (Å²) in [5, 5.41) is 22.9. The third kappa shape index (κ3) is 6.45. The van der Waals surface area contributed by atoms with Crippen molar-refractivity contribution in [1.29, 1.82) is 0 Å². The van der Waals surface area contributed by atoms with Crippen LogP contribution < -0.4 is 4.74 Å². The highest BCUT2D eigenvalue weighted by Gasteiger charge is 2.53. The molecule has 4 rings (SSSR count). The van der Waals surface area contributed by atoms with Crippen molar-refractivity contribution in [2.75, 3.05) is 7.11 Å². The Bertz CT molecular complexity index is 1610. The molecule has 0 bridgehead atoms. The molecule has 0 saturated carbocycles. The second-order valence-electron chi connectivity index (χ2n) is 10.9. The first kappa shape index (κ1) is 34.8. The first-order valence-electron chi connectivity index (χ1n) is 13.3. The number of amides is 1. The van der Waals surface area contributed by atoms with E-state index < -0.39 is 87.8 Å². The van der Waals surface area contributed by atoms with Gasteiger partial charge in [0.1, 0.15) is 17.7 Å². The predicted molar refractivity (Wildman–Crippen MR) is 141 cm³/mol.